The van der Waals surface area contributed by atoms with Crippen molar-refractivity contribution in [3.05, 3.63) is 29.8 Å². The minimum absolute atomic E-state index is 0.00482. The zero-order chi connectivity index (χ0) is 19.6. The molecule has 2 aliphatic carbocycles. The van der Waals surface area contributed by atoms with Gasteiger partial charge in [0.1, 0.15) is 5.78 Å². The van der Waals surface area contributed by atoms with Crippen LogP contribution in [0.1, 0.15) is 58.4 Å². The van der Waals surface area contributed by atoms with Crippen molar-refractivity contribution in [1.82, 2.24) is 0 Å². The summed E-state index contributed by atoms with van der Waals surface area (Å²) in [7, 11) is 0. The molecule has 3 rings (SSSR count). The molecule has 0 heterocycles. The average molecular weight is 371 g/mol. The second kappa shape index (κ2) is 7.83. The molecule has 0 aliphatic heterocycles. The summed E-state index contributed by atoms with van der Waals surface area (Å²) >= 11 is 0. The summed E-state index contributed by atoms with van der Waals surface area (Å²) in [5, 5.41) is 2.76. The highest BCUT2D eigenvalue weighted by Crippen LogP contribution is 2.40. The number of fused-ring (bicyclic) bond motifs is 2. The van der Waals surface area contributed by atoms with Crippen LogP contribution in [0.15, 0.2) is 24.3 Å². The number of anilines is 1. The number of carbonyl (C=O) groups is 3. The zero-order valence-electron chi connectivity index (χ0n) is 16.4. The third-order valence-corrected chi connectivity index (χ3v) is 5.76. The lowest BCUT2D eigenvalue weighted by Crippen LogP contribution is -2.40. The van der Waals surface area contributed by atoms with Crippen molar-refractivity contribution in [3.63, 3.8) is 0 Å². The van der Waals surface area contributed by atoms with Gasteiger partial charge in [-0.3, -0.25) is 14.4 Å². The van der Waals surface area contributed by atoms with Crippen molar-refractivity contribution in [2.24, 2.45) is 17.8 Å². The molecule has 0 saturated heterocycles. The summed E-state index contributed by atoms with van der Waals surface area (Å²) in [5.41, 5.74) is 1.92. The first-order chi connectivity index (χ1) is 12.7. The highest BCUT2D eigenvalue weighted by molar-refractivity contribution is 5.93. The van der Waals surface area contributed by atoms with E-state index in [4.69, 9.17) is 4.74 Å². The first-order valence-electron chi connectivity index (χ1n) is 9.85. The van der Waals surface area contributed by atoms with E-state index in [1.165, 1.54) is 5.56 Å². The molecular formula is C22H29NO4. The summed E-state index contributed by atoms with van der Waals surface area (Å²) in [6.07, 6.45) is 3.97. The van der Waals surface area contributed by atoms with Gasteiger partial charge in [-0.1, -0.05) is 39.3 Å². The number of rotatable bonds is 4. The van der Waals surface area contributed by atoms with Crippen LogP contribution in [0.2, 0.25) is 0 Å². The summed E-state index contributed by atoms with van der Waals surface area (Å²) in [5.74, 6) is -0.620. The Labute approximate surface area is 160 Å². The minimum atomic E-state index is -0.349. The molecule has 1 amide bonds. The molecule has 1 aromatic carbocycles. The summed E-state index contributed by atoms with van der Waals surface area (Å²) in [6.45, 7) is 6.10. The van der Waals surface area contributed by atoms with Crippen LogP contribution in [0.3, 0.4) is 0 Å². The number of Topliss-reactive ketones (excluding diaryl/α,β-unsaturated/α-hetero) is 1. The van der Waals surface area contributed by atoms with Crippen LogP contribution in [0.4, 0.5) is 5.69 Å². The van der Waals surface area contributed by atoms with Crippen molar-refractivity contribution in [2.45, 2.75) is 58.3 Å². The van der Waals surface area contributed by atoms with Gasteiger partial charge in [-0.15, -0.1) is 0 Å². The average Bonchev–Trinajstić information content (AvgIpc) is 2.59. The highest BCUT2D eigenvalue weighted by Gasteiger charge is 2.41. The molecule has 0 radical (unpaired) electrons. The van der Waals surface area contributed by atoms with Crippen LogP contribution >= 0.6 is 0 Å². The second-order valence-corrected chi connectivity index (χ2v) is 8.88. The van der Waals surface area contributed by atoms with Gasteiger partial charge in [0.15, 0.2) is 6.61 Å². The summed E-state index contributed by atoms with van der Waals surface area (Å²) in [6, 6.07) is 7.68. The second-order valence-electron chi connectivity index (χ2n) is 8.88. The van der Waals surface area contributed by atoms with Gasteiger partial charge in [0.05, 0.1) is 5.92 Å². The van der Waals surface area contributed by atoms with Gasteiger partial charge in [0.2, 0.25) is 0 Å². The Kier molecular flexibility index (Phi) is 5.68. The van der Waals surface area contributed by atoms with Crippen molar-refractivity contribution in [2.75, 3.05) is 11.9 Å². The third-order valence-electron chi connectivity index (χ3n) is 5.76. The van der Waals surface area contributed by atoms with Crippen molar-refractivity contribution in [1.29, 1.82) is 0 Å². The van der Waals surface area contributed by atoms with Crippen LogP contribution in [0, 0.1) is 17.8 Å². The molecule has 2 aliphatic rings. The molecule has 5 nitrogen and oxygen atoms in total. The predicted molar refractivity (Wildman–Crippen MR) is 103 cm³/mol. The maximum absolute atomic E-state index is 12.3. The van der Waals surface area contributed by atoms with E-state index >= 15 is 0 Å². The molecule has 0 unspecified atom stereocenters. The normalized spacial score (nSPS) is 25.0. The first-order valence-corrected chi connectivity index (χ1v) is 9.85. The van der Waals surface area contributed by atoms with Crippen LogP contribution in [0.25, 0.3) is 0 Å². The molecular weight excluding hydrogens is 342 g/mol. The summed E-state index contributed by atoms with van der Waals surface area (Å²) in [4.78, 5) is 36.5. The number of benzene rings is 1. The van der Waals surface area contributed by atoms with E-state index in [1.807, 2.05) is 24.3 Å². The topological polar surface area (TPSA) is 72.5 Å². The van der Waals surface area contributed by atoms with E-state index in [1.54, 1.807) is 0 Å². The third kappa shape index (κ3) is 4.76. The lowest BCUT2D eigenvalue weighted by Gasteiger charge is -2.36. The van der Waals surface area contributed by atoms with Gasteiger partial charge in [0, 0.05) is 17.5 Å². The molecule has 2 fully saturated rings. The van der Waals surface area contributed by atoms with Gasteiger partial charge in [0.25, 0.3) is 5.91 Å². The van der Waals surface area contributed by atoms with Gasteiger partial charge in [-0.25, -0.2) is 0 Å². The molecule has 146 valence electrons. The number of esters is 1. The SMILES string of the molecule is CC(C)(C)c1ccc(NC(=O)COC(=O)C2C[C@H]3CCC[C@H](C2)C3=O)cc1. The van der Waals surface area contributed by atoms with Crippen LogP contribution in [-0.4, -0.2) is 24.3 Å². The Morgan fingerprint density at radius 1 is 1.07 bits per heavy atom. The number of ether oxygens (including phenoxy) is 1. The van der Waals surface area contributed by atoms with Gasteiger partial charge in [-0.05, 0) is 48.8 Å². The van der Waals surface area contributed by atoms with E-state index in [9.17, 15) is 14.4 Å². The first kappa shape index (κ1) is 19.6. The Hall–Kier alpha value is -2.17. The number of amides is 1. The Morgan fingerprint density at radius 3 is 2.22 bits per heavy atom. The van der Waals surface area contributed by atoms with Crippen molar-refractivity contribution in [3.8, 4) is 0 Å². The lowest BCUT2D eigenvalue weighted by molar-refractivity contribution is -0.155. The van der Waals surface area contributed by atoms with E-state index in [2.05, 4.69) is 26.1 Å². The number of ketones is 1. The van der Waals surface area contributed by atoms with Gasteiger partial charge < -0.3 is 10.1 Å². The molecule has 2 atom stereocenters. The molecule has 2 bridgehead atoms. The fraction of sp³-hybridized carbons (Fsp3) is 0.591. The van der Waals surface area contributed by atoms with Crippen molar-refractivity contribution >= 4 is 23.3 Å². The lowest BCUT2D eigenvalue weighted by atomic mass is 9.67. The number of nitrogens with one attached hydrogen (secondary N) is 1. The summed E-state index contributed by atoms with van der Waals surface area (Å²) < 4.78 is 5.23. The number of carbonyl (C=O) groups excluding carboxylic acids is 3. The number of hydrogen-bond donors (Lipinski definition) is 1. The fourth-order valence-corrected chi connectivity index (χ4v) is 4.18. The largest absolute Gasteiger partial charge is 0.455 e. The Morgan fingerprint density at radius 2 is 1.67 bits per heavy atom. The Balaban J connectivity index is 1.47. The van der Waals surface area contributed by atoms with Gasteiger partial charge in [-0.2, -0.15) is 0 Å². The van der Waals surface area contributed by atoms with Crippen LogP contribution in [0.5, 0.6) is 0 Å². The fourth-order valence-electron chi connectivity index (χ4n) is 4.18. The quantitative estimate of drug-likeness (QED) is 0.816. The molecule has 0 aromatic heterocycles. The monoisotopic (exact) mass is 371 g/mol. The van der Waals surface area contributed by atoms with Crippen LogP contribution < -0.4 is 5.32 Å². The smallest absolute Gasteiger partial charge is 0.309 e. The highest BCUT2D eigenvalue weighted by atomic mass is 16.5. The Bertz CT molecular complexity index is 701. The maximum atomic E-state index is 12.3. The molecule has 2 saturated carbocycles. The van der Waals surface area contributed by atoms with E-state index in [-0.39, 0.29) is 41.7 Å². The molecule has 5 heteroatoms. The molecule has 0 spiro atoms. The van der Waals surface area contributed by atoms with E-state index < -0.39 is 0 Å². The van der Waals surface area contributed by atoms with Gasteiger partial charge >= 0.3 is 5.97 Å². The van der Waals surface area contributed by atoms with E-state index in [0.29, 0.717) is 24.3 Å². The minimum Gasteiger partial charge on any atom is -0.455 e. The molecule has 27 heavy (non-hydrogen) atoms. The zero-order valence-corrected chi connectivity index (χ0v) is 16.4. The molecule has 1 aromatic rings. The predicted octanol–water partition coefficient (Wildman–Crippen LogP) is 3.86. The number of hydrogen-bond acceptors (Lipinski definition) is 4. The van der Waals surface area contributed by atoms with Crippen molar-refractivity contribution < 1.29 is 19.1 Å². The maximum Gasteiger partial charge on any atom is 0.309 e. The standard InChI is InChI=1S/C22H29NO4/c1-22(2,3)17-7-9-18(10-8-17)23-19(24)13-27-21(26)16-11-14-5-4-6-15(12-16)20(14)25/h7-10,14-16H,4-6,11-13H2,1-3H3,(H,23,24)/t14-,15-/m1/s1. The molecule has 1 N–H and O–H groups in total. The van der Waals surface area contributed by atoms with Crippen LogP contribution in [-0.2, 0) is 24.5 Å². The van der Waals surface area contributed by atoms with E-state index in [0.717, 1.165) is 19.3 Å².